The van der Waals surface area contributed by atoms with Gasteiger partial charge >= 0.3 is 0 Å². The number of halogens is 2. The van der Waals surface area contributed by atoms with Crippen LogP contribution in [0.3, 0.4) is 0 Å². The van der Waals surface area contributed by atoms with E-state index in [4.69, 9.17) is 0 Å². The van der Waals surface area contributed by atoms with Crippen LogP contribution in [0.15, 0.2) is 35.1 Å². The summed E-state index contributed by atoms with van der Waals surface area (Å²) in [6, 6.07) is 10.8. The third-order valence-corrected chi connectivity index (χ3v) is 3.26. The molecule has 0 N–H and O–H groups in total. The number of hydrogen-bond acceptors (Lipinski definition) is 1. The van der Waals surface area contributed by atoms with Gasteiger partial charge in [-0.2, -0.15) is 12.1 Å². The molecule has 1 aromatic heterocycles. The molecule has 91 valence electrons. The van der Waals surface area contributed by atoms with Gasteiger partial charge in [-0.15, -0.1) is 34.7 Å². The summed E-state index contributed by atoms with van der Waals surface area (Å²) in [6.07, 6.45) is 0. The van der Waals surface area contributed by atoms with Crippen LogP contribution < -0.4 is 5.56 Å². The van der Waals surface area contributed by atoms with E-state index < -0.39 is 0 Å². The van der Waals surface area contributed by atoms with E-state index in [-0.39, 0.29) is 44.1 Å². The third-order valence-electron chi connectivity index (χ3n) is 2.49. The van der Waals surface area contributed by atoms with Crippen molar-refractivity contribution >= 4 is 22.6 Å². The van der Waals surface area contributed by atoms with Gasteiger partial charge in [0.15, 0.2) is 0 Å². The first-order valence-corrected chi connectivity index (χ1v) is 6.28. The van der Waals surface area contributed by atoms with Gasteiger partial charge in [0.25, 0.3) is 0 Å². The predicted molar refractivity (Wildman–Crippen MR) is 73.3 cm³/mol. The standard InChI is InChI=1S/C13H10FINO.Y/c1-2-16-12(8-7-11(15)13(16)17)9-3-5-10(14)6-4-9;/h3-7H,2H2,1H3;/q-1;. The van der Waals surface area contributed by atoms with Crippen molar-refractivity contribution in [3.8, 4) is 11.3 Å². The molecular formula is C13H10FINOY-. The van der Waals surface area contributed by atoms with E-state index >= 15 is 0 Å². The van der Waals surface area contributed by atoms with Crippen LogP contribution in [0.2, 0.25) is 0 Å². The quantitative estimate of drug-likeness (QED) is 0.530. The zero-order chi connectivity index (χ0) is 12.4. The van der Waals surface area contributed by atoms with Crippen molar-refractivity contribution in [1.82, 2.24) is 4.57 Å². The van der Waals surface area contributed by atoms with E-state index in [0.717, 1.165) is 5.56 Å². The normalized spacial score (nSPS) is 9.94. The average Bonchev–Trinajstić information content (AvgIpc) is 2.34. The fourth-order valence-corrected chi connectivity index (χ4v) is 2.10. The number of hydrogen-bond donors (Lipinski definition) is 0. The van der Waals surface area contributed by atoms with Crippen LogP contribution in [0.5, 0.6) is 0 Å². The number of aromatic nitrogens is 1. The van der Waals surface area contributed by atoms with E-state index in [9.17, 15) is 9.18 Å². The van der Waals surface area contributed by atoms with Gasteiger partial charge in [-0.05, 0) is 22.6 Å². The van der Waals surface area contributed by atoms with Crippen molar-refractivity contribution in [1.29, 1.82) is 0 Å². The molecule has 1 radical (unpaired) electrons. The van der Waals surface area contributed by atoms with Crippen molar-refractivity contribution in [3.05, 3.63) is 56.1 Å². The molecule has 18 heavy (non-hydrogen) atoms. The smallest absolute Gasteiger partial charge is 0.207 e. The van der Waals surface area contributed by atoms with Crippen LogP contribution >= 0.6 is 22.6 Å². The molecular weight excluding hydrogens is 421 g/mol. The average molecular weight is 431 g/mol. The van der Waals surface area contributed by atoms with Crippen LogP contribution in [0.4, 0.5) is 4.39 Å². The van der Waals surface area contributed by atoms with Crippen LogP contribution in [-0.2, 0) is 39.3 Å². The molecule has 0 unspecified atom stereocenters. The molecule has 0 spiro atoms. The number of nitrogens with zero attached hydrogens (tertiary/aromatic N) is 1. The van der Waals surface area contributed by atoms with Crippen LogP contribution in [0.25, 0.3) is 11.3 Å². The van der Waals surface area contributed by atoms with Crippen LogP contribution in [0.1, 0.15) is 6.92 Å². The van der Waals surface area contributed by atoms with E-state index in [1.807, 2.05) is 29.5 Å². The maximum atomic E-state index is 12.8. The number of rotatable bonds is 2. The van der Waals surface area contributed by atoms with E-state index in [1.54, 1.807) is 22.8 Å². The number of pyridine rings is 1. The molecule has 2 rings (SSSR count). The molecule has 0 saturated heterocycles. The molecule has 0 atom stereocenters. The first kappa shape index (κ1) is 16.0. The molecule has 0 saturated carbocycles. The number of benzene rings is 1. The Balaban J connectivity index is 0.00000162. The van der Waals surface area contributed by atoms with Crippen LogP contribution in [0, 0.1) is 15.5 Å². The second kappa shape index (κ2) is 6.92. The van der Waals surface area contributed by atoms with Gasteiger partial charge in [0.1, 0.15) is 5.82 Å². The molecule has 2 nitrogen and oxygen atoms in total. The maximum absolute atomic E-state index is 12.8. The minimum absolute atomic E-state index is 0. The van der Waals surface area contributed by atoms with Gasteiger partial charge in [0.2, 0.25) is 5.56 Å². The molecule has 5 heteroatoms. The fraction of sp³-hybridized carbons (Fsp3) is 0.154. The second-order valence-electron chi connectivity index (χ2n) is 3.54. The van der Waals surface area contributed by atoms with Crippen LogP contribution in [-0.4, -0.2) is 4.57 Å². The Kier molecular flexibility index (Phi) is 6.14. The van der Waals surface area contributed by atoms with E-state index in [0.29, 0.717) is 15.8 Å². The van der Waals surface area contributed by atoms with Gasteiger partial charge in [-0.1, -0.05) is 11.3 Å². The summed E-state index contributed by atoms with van der Waals surface area (Å²) in [7, 11) is 0. The second-order valence-corrected chi connectivity index (χ2v) is 4.70. The zero-order valence-corrected chi connectivity index (χ0v) is 14.8. The summed E-state index contributed by atoms with van der Waals surface area (Å²) in [4.78, 5) is 11.9. The topological polar surface area (TPSA) is 22.0 Å². The molecule has 2 aromatic rings. The third kappa shape index (κ3) is 3.28. The Morgan fingerprint density at radius 3 is 2.50 bits per heavy atom. The first-order chi connectivity index (χ1) is 8.13. The van der Waals surface area contributed by atoms with Crippen molar-refractivity contribution in [2.45, 2.75) is 13.5 Å². The molecule has 0 aliphatic heterocycles. The van der Waals surface area contributed by atoms with Crippen molar-refractivity contribution in [2.24, 2.45) is 0 Å². The first-order valence-electron chi connectivity index (χ1n) is 5.20. The summed E-state index contributed by atoms with van der Waals surface area (Å²) >= 11 is 1.99. The molecule has 0 aliphatic carbocycles. The fourth-order valence-electron chi connectivity index (χ4n) is 1.65. The molecule has 1 heterocycles. The van der Waals surface area contributed by atoms with Gasteiger partial charge in [0, 0.05) is 39.3 Å². The Hall–Kier alpha value is -0.0661. The van der Waals surface area contributed by atoms with Gasteiger partial charge < -0.3 is 4.57 Å². The minimum atomic E-state index is -0.287. The monoisotopic (exact) mass is 431 g/mol. The Labute approximate surface area is 144 Å². The summed E-state index contributed by atoms with van der Waals surface area (Å²) in [5, 5.41) is 0. The summed E-state index contributed by atoms with van der Waals surface area (Å²) in [6.45, 7) is 2.47. The molecule has 0 aliphatic rings. The van der Waals surface area contributed by atoms with E-state index in [1.165, 1.54) is 12.1 Å². The van der Waals surface area contributed by atoms with E-state index in [2.05, 4.69) is 6.07 Å². The maximum Gasteiger partial charge on any atom is 0.207 e. The summed E-state index contributed by atoms with van der Waals surface area (Å²) in [5.41, 5.74) is 1.45. The molecule has 0 fully saturated rings. The molecule has 0 bridgehead atoms. The van der Waals surface area contributed by atoms with Crippen molar-refractivity contribution < 1.29 is 37.1 Å². The SMILES string of the molecule is CCn1c(-c2ccc(F)cc2)[c-]cc(I)c1=O.[Y]. The van der Waals surface area contributed by atoms with Gasteiger partial charge in [-0.3, -0.25) is 4.79 Å². The van der Waals surface area contributed by atoms with Gasteiger partial charge in [0.05, 0.1) is 0 Å². The summed E-state index contributed by atoms with van der Waals surface area (Å²) < 4.78 is 15.1. The summed E-state index contributed by atoms with van der Waals surface area (Å²) in [5.74, 6) is -0.287. The molecule has 0 amide bonds. The Bertz CT molecular complexity index is 595. The Morgan fingerprint density at radius 1 is 1.33 bits per heavy atom. The van der Waals surface area contributed by atoms with Crippen molar-refractivity contribution in [3.63, 3.8) is 0 Å². The van der Waals surface area contributed by atoms with Crippen molar-refractivity contribution in [2.75, 3.05) is 0 Å². The largest absolute Gasteiger partial charge is 0.342 e. The Morgan fingerprint density at radius 2 is 1.94 bits per heavy atom. The minimum Gasteiger partial charge on any atom is -0.342 e. The molecule has 1 aromatic carbocycles. The van der Waals surface area contributed by atoms with Gasteiger partial charge in [-0.25, -0.2) is 4.39 Å². The predicted octanol–water partition coefficient (Wildman–Crippen LogP) is 3.08. The zero-order valence-electron chi connectivity index (χ0n) is 9.78.